The number of hydrogen-bond donors (Lipinski definition) is 1. The Morgan fingerprint density at radius 1 is 1.56 bits per heavy atom. The highest BCUT2D eigenvalue weighted by molar-refractivity contribution is 7.89. The molecule has 16 heavy (non-hydrogen) atoms. The largest absolute Gasteiger partial charge is 0.241 e. The van der Waals surface area contributed by atoms with Crippen molar-refractivity contribution in [3.8, 4) is 6.07 Å². The van der Waals surface area contributed by atoms with Crippen LogP contribution in [-0.4, -0.2) is 14.5 Å². The molecule has 1 aromatic rings. The molecule has 0 aliphatic heterocycles. The van der Waals surface area contributed by atoms with Crippen LogP contribution in [0.5, 0.6) is 0 Å². The van der Waals surface area contributed by atoms with E-state index in [9.17, 15) is 12.8 Å². The summed E-state index contributed by atoms with van der Waals surface area (Å²) in [5.41, 5.74) is 0. The fourth-order valence-electron chi connectivity index (χ4n) is 1.09. The molecule has 4 nitrogen and oxygen atoms in total. The van der Waals surface area contributed by atoms with E-state index in [2.05, 4.69) is 4.72 Å². The Balaban J connectivity index is 3.00. The second kappa shape index (κ2) is 5.05. The van der Waals surface area contributed by atoms with E-state index in [1.165, 1.54) is 12.1 Å². The molecule has 86 valence electrons. The Kier molecular flexibility index (Phi) is 3.99. The van der Waals surface area contributed by atoms with Crippen molar-refractivity contribution in [2.24, 2.45) is 0 Å². The predicted molar refractivity (Wildman–Crippen MR) is 56.4 cm³/mol. The maximum atomic E-state index is 12.8. The molecule has 0 fully saturated rings. The molecule has 0 bridgehead atoms. The molecule has 1 aromatic carbocycles. The van der Waals surface area contributed by atoms with Gasteiger partial charge in [-0.2, -0.15) is 9.98 Å². The first kappa shape index (κ1) is 12.6. The van der Waals surface area contributed by atoms with Crippen molar-refractivity contribution in [2.75, 3.05) is 0 Å². The highest BCUT2D eigenvalue weighted by atomic mass is 32.2. The van der Waals surface area contributed by atoms with E-state index in [1.807, 2.05) is 6.07 Å². The summed E-state index contributed by atoms with van der Waals surface area (Å²) < 4.78 is 38.4. The normalized spacial score (nSPS) is 13.1. The minimum atomic E-state index is -3.82. The van der Waals surface area contributed by atoms with Gasteiger partial charge in [0.25, 0.3) is 0 Å². The average Bonchev–Trinajstić information content (AvgIpc) is 2.26. The fourth-order valence-corrected chi connectivity index (χ4v) is 2.35. The first-order chi connectivity index (χ1) is 7.49. The second-order valence-corrected chi connectivity index (χ2v) is 4.88. The molecule has 0 aromatic heterocycles. The van der Waals surface area contributed by atoms with Crippen molar-refractivity contribution < 1.29 is 12.8 Å². The molecule has 0 spiro atoms. The van der Waals surface area contributed by atoms with E-state index in [0.29, 0.717) is 6.42 Å². The molecule has 1 atom stereocenters. The molecular weight excluding hydrogens is 231 g/mol. The Hall–Kier alpha value is -1.45. The van der Waals surface area contributed by atoms with Gasteiger partial charge in [-0.05, 0) is 24.6 Å². The van der Waals surface area contributed by atoms with Crippen LogP contribution in [0.3, 0.4) is 0 Å². The lowest BCUT2D eigenvalue weighted by molar-refractivity contribution is 0.566. The first-order valence-corrected chi connectivity index (χ1v) is 6.15. The average molecular weight is 242 g/mol. The molecule has 1 unspecified atom stereocenters. The monoisotopic (exact) mass is 242 g/mol. The van der Waals surface area contributed by atoms with Crippen molar-refractivity contribution in [1.82, 2.24) is 4.72 Å². The predicted octanol–water partition coefficient (Wildman–Crippen LogP) is 1.41. The molecule has 6 heteroatoms. The minimum Gasteiger partial charge on any atom is -0.207 e. The van der Waals surface area contributed by atoms with Crippen LogP contribution in [0.1, 0.15) is 13.3 Å². The number of rotatable bonds is 4. The quantitative estimate of drug-likeness (QED) is 0.867. The summed E-state index contributed by atoms with van der Waals surface area (Å²) in [5.74, 6) is -0.632. The number of nitrogens with zero attached hydrogens (tertiary/aromatic N) is 1. The van der Waals surface area contributed by atoms with Crippen molar-refractivity contribution in [2.45, 2.75) is 24.3 Å². The van der Waals surface area contributed by atoms with Gasteiger partial charge in [-0.1, -0.05) is 13.0 Å². The molecule has 0 heterocycles. The van der Waals surface area contributed by atoms with Gasteiger partial charge in [0.05, 0.1) is 11.0 Å². The van der Waals surface area contributed by atoms with E-state index in [1.54, 1.807) is 6.92 Å². The van der Waals surface area contributed by atoms with Gasteiger partial charge in [-0.25, -0.2) is 12.8 Å². The number of halogens is 1. The Morgan fingerprint density at radius 2 is 2.25 bits per heavy atom. The van der Waals surface area contributed by atoms with E-state index >= 15 is 0 Å². The van der Waals surface area contributed by atoms with Gasteiger partial charge in [0.2, 0.25) is 10.0 Å². The number of sulfonamides is 1. The zero-order chi connectivity index (χ0) is 12.2. The van der Waals surface area contributed by atoms with Gasteiger partial charge in [-0.15, -0.1) is 0 Å². The zero-order valence-corrected chi connectivity index (χ0v) is 9.46. The SMILES string of the molecule is CCC(C#N)NS(=O)(=O)c1cccc(F)c1. The molecule has 0 saturated heterocycles. The third-order valence-electron chi connectivity index (χ3n) is 1.97. The summed E-state index contributed by atoms with van der Waals surface area (Å²) in [6.45, 7) is 1.68. The molecule has 1 N–H and O–H groups in total. The lowest BCUT2D eigenvalue weighted by Gasteiger charge is -2.09. The van der Waals surface area contributed by atoms with Gasteiger partial charge in [-0.3, -0.25) is 0 Å². The van der Waals surface area contributed by atoms with E-state index in [0.717, 1.165) is 12.1 Å². The topological polar surface area (TPSA) is 70.0 Å². The number of benzene rings is 1. The molecule has 0 radical (unpaired) electrons. The van der Waals surface area contributed by atoms with Crippen LogP contribution >= 0.6 is 0 Å². The molecule has 1 rings (SSSR count). The van der Waals surface area contributed by atoms with Crippen LogP contribution in [0.25, 0.3) is 0 Å². The van der Waals surface area contributed by atoms with Gasteiger partial charge >= 0.3 is 0 Å². The molecule has 0 amide bonds. The Bertz CT molecular complexity index is 508. The van der Waals surface area contributed by atoms with Gasteiger partial charge in [0.1, 0.15) is 11.9 Å². The summed E-state index contributed by atoms with van der Waals surface area (Å²) in [5, 5.41) is 8.64. The van der Waals surface area contributed by atoms with Crippen molar-refractivity contribution >= 4 is 10.0 Å². The van der Waals surface area contributed by atoms with Crippen LogP contribution in [0.2, 0.25) is 0 Å². The third-order valence-corrected chi connectivity index (χ3v) is 3.44. The lowest BCUT2D eigenvalue weighted by atomic mass is 10.3. The third kappa shape index (κ3) is 3.02. The van der Waals surface area contributed by atoms with E-state index < -0.39 is 21.9 Å². The molecular formula is C10H11FN2O2S. The molecule has 0 aliphatic carbocycles. The van der Waals surface area contributed by atoms with Gasteiger partial charge in [0, 0.05) is 0 Å². The highest BCUT2D eigenvalue weighted by Gasteiger charge is 2.18. The minimum absolute atomic E-state index is 0.179. The van der Waals surface area contributed by atoms with Crippen LogP contribution in [0.15, 0.2) is 29.2 Å². The van der Waals surface area contributed by atoms with Gasteiger partial charge < -0.3 is 0 Å². The number of nitriles is 1. The summed E-state index contributed by atoms with van der Waals surface area (Å²) in [6.07, 6.45) is 0.352. The number of nitrogens with one attached hydrogen (secondary N) is 1. The molecule has 0 aliphatic rings. The second-order valence-electron chi connectivity index (χ2n) is 3.17. The number of hydrogen-bond acceptors (Lipinski definition) is 3. The standard InChI is InChI=1S/C10H11FN2O2S/c1-2-9(7-12)13-16(14,15)10-5-3-4-8(11)6-10/h3-6,9,13H,2H2,1H3. The van der Waals surface area contributed by atoms with Crippen molar-refractivity contribution in [3.05, 3.63) is 30.1 Å². The first-order valence-electron chi connectivity index (χ1n) is 4.67. The Morgan fingerprint density at radius 3 is 2.75 bits per heavy atom. The van der Waals surface area contributed by atoms with Crippen LogP contribution in [0.4, 0.5) is 4.39 Å². The fraction of sp³-hybridized carbons (Fsp3) is 0.300. The summed E-state index contributed by atoms with van der Waals surface area (Å²) in [4.78, 5) is -0.179. The summed E-state index contributed by atoms with van der Waals surface area (Å²) in [7, 11) is -3.82. The smallest absolute Gasteiger partial charge is 0.207 e. The highest BCUT2D eigenvalue weighted by Crippen LogP contribution is 2.11. The van der Waals surface area contributed by atoms with E-state index in [-0.39, 0.29) is 4.90 Å². The zero-order valence-electron chi connectivity index (χ0n) is 8.64. The molecule has 0 saturated carbocycles. The van der Waals surface area contributed by atoms with Crippen LogP contribution < -0.4 is 4.72 Å². The van der Waals surface area contributed by atoms with Crippen molar-refractivity contribution in [3.63, 3.8) is 0 Å². The Labute approximate surface area is 93.8 Å². The van der Waals surface area contributed by atoms with Crippen molar-refractivity contribution in [1.29, 1.82) is 5.26 Å². The van der Waals surface area contributed by atoms with Gasteiger partial charge in [0.15, 0.2) is 0 Å². The summed E-state index contributed by atoms with van der Waals surface area (Å²) in [6, 6.07) is 5.65. The van der Waals surface area contributed by atoms with E-state index in [4.69, 9.17) is 5.26 Å². The van der Waals surface area contributed by atoms with Crippen LogP contribution in [-0.2, 0) is 10.0 Å². The lowest BCUT2D eigenvalue weighted by Crippen LogP contribution is -2.33. The maximum Gasteiger partial charge on any atom is 0.241 e. The van der Waals surface area contributed by atoms with Crippen LogP contribution in [0, 0.1) is 17.1 Å². The maximum absolute atomic E-state index is 12.8. The summed E-state index contributed by atoms with van der Waals surface area (Å²) >= 11 is 0.